The van der Waals surface area contributed by atoms with Crippen molar-refractivity contribution in [2.24, 2.45) is 5.92 Å². The summed E-state index contributed by atoms with van der Waals surface area (Å²) in [6.45, 7) is 6.18. The summed E-state index contributed by atoms with van der Waals surface area (Å²) >= 11 is 12.0. The molecule has 0 bridgehead atoms. The van der Waals surface area contributed by atoms with Gasteiger partial charge in [-0.15, -0.1) is 0 Å². The fraction of sp³-hybridized carbons (Fsp3) is 0.538. The number of hydrogen-bond acceptors (Lipinski definition) is 2. The molecule has 2 nitrogen and oxygen atoms in total. The van der Waals surface area contributed by atoms with Crippen LogP contribution >= 0.6 is 23.2 Å². The minimum Gasteiger partial charge on any atom is -0.316 e. The summed E-state index contributed by atoms with van der Waals surface area (Å²) < 4.78 is 12.1. The van der Waals surface area contributed by atoms with Gasteiger partial charge in [0.25, 0.3) is 0 Å². The van der Waals surface area contributed by atoms with Gasteiger partial charge in [0.05, 0.1) is 25.7 Å². The minimum absolute atomic E-state index is 0.482. The van der Waals surface area contributed by atoms with Gasteiger partial charge in [-0.1, -0.05) is 43.1 Å². The molecule has 0 heterocycles. The van der Waals surface area contributed by atoms with Gasteiger partial charge in [-0.05, 0) is 37.6 Å². The van der Waals surface area contributed by atoms with E-state index in [0.29, 0.717) is 26.6 Å². The fourth-order valence-electron chi connectivity index (χ4n) is 1.52. The lowest BCUT2D eigenvalue weighted by molar-refractivity contribution is 0.550. The molecule has 0 amide bonds. The summed E-state index contributed by atoms with van der Waals surface area (Å²) in [6, 6.07) is 5.20. The van der Waals surface area contributed by atoms with Gasteiger partial charge >= 0.3 is 0 Å². The molecule has 0 saturated heterocycles. The van der Waals surface area contributed by atoms with Crippen LogP contribution in [0.25, 0.3) is 0 Å². The van der Waals surface area contributed by atoms with Crippen molar-refractivity contribution in [3.05, 3.63) is 28.2 Å². The first kappa shape index (κ1) is 16.0. The molecular formula is C13H19Cl2NOS. The summed E-state index contributed by atoms with van der Waals surface area (Å²) in [5.41, 5.74) is 0. The molecule has 18 heavy (non-hydrogen) atoms. The Bertz CT molecular complexity index is 390. The first-order valence-corrected chi connectivity index (χ1v) is 8.13. The van der Waals surface area contributed by atoms with Crippen LogP contribution in [-0.2, 0) is 10.8 Å². The van der Waals surface area contributed by atoms with Crippen molar-refractivity contribution in [3.63, 3.8) is 0 Å². The van der Waals surface area contributed by atoms with Gasteiger partial charge in [0.1, 0.15) is 0 Å². The summed E-state index contributed by atoms with van der Waals surface area (Å²) in [6.07, 6.45) is 0.848. The summed E-state index contributed by atoms with van der Waals surface area (Å²) in [5.74, 6) is 1.21. The topological polar surface area (TPSA) is 29.1 Å². The first-order valence-electron chi connectivity index (χ1n) is 6.05. The van der Waals surface area contributed by atoms with Crippen LogP contribution in [0.1, 0.15) is 20.3 Å². The zero-order valence-corrected chi connectivity index (χ0v) is 13.0. The van der Waals surface area contributed by atoms with E-state index in [-0.39, 0.29) is 0 Å². The average Bonchev–Trinajstić information content (AvgIpc) is 2.27. The Morgan fingerprint density at radius 1 is 1.28 bits per heavy atom. The lowest BCUT2D eigenvalue weighted by atomic mass is 10.2. The zero-order chi connectivity index (χ0) is 13.5. The van der Waals surface area contributed by atoms with Gasteiger partial charge in [0, 0.05) is 5.75 Å². The predicted molar refractivity (Wildman–Crippen MR) is 80.1 cm³/mol. The molecule has 0 aliphatic carbocycles. The van der Waals surface area contributed by atoms with Crippen molar-refractivity contribution in [2.45, 2.75) is 25.2 Å². The van der Waals surface area contributed by atoms with Crippen LogP contribution in [0, 0.1) is 5.92 Å². The van der Waals surface area contributed by atoms with Crippen LogP contribution < -0.4 is 5.32 Å². The highest BCUT2D eigenvalue weighted by Crippen LogP contribution is 2.27. The van der Waals surface area contributed by atoms with Gasteiger partial charge in [-0.25, -0.2) is 0 Å². The van der Waals surface area contributed by atoms with E-state index in [1.54, 1.807) is 18.2 Å². The Morgan fingerprint density at radius 2 is 1.89 bits per heavy atom. The molecule has 1 rings (SSSR count). The third-order valence-corrected chi connectivity index (χ3v) is 4.79. The van der Waals surface area contributed by atoms with E-state index in [1.165, 1.54) is 0 Å². The van der Waals surface area contributed by atoms with Gasteiger partial charge in [0.15, 0.2) is 0 Å². The Hall–Kier alpha value is -0.0900. The van der Waals surface area contributed by atoms with E-state index < -0.39 is 10.8 Å². The predicted octanol–water partition coefficient (Wildman–Crippen LogP) is 3.74. The molecule has 0 aliphatic heterocycles. The third kappa shape index (κ3) is 5.27. The fourth-order valence-corrected chi connectivity index (χ4v) is 3.62. The number of rotatable bonds is 7. The van der Waals surface area contributed by atoms with Crippen LogP contribution in [0.3, 0.4) is 0 Å². The number of nitrogens with one attached hydrogen (secondary N) is 1. The normalized spacial score (nSPS) is 12.9. The lowest BCUT2D eigenvalue weighted by Gasteiger charge is -2.08. The molecule has 1 unspecified atom stereocenters. The first-order chi connectivity index (χ1) is 8.52. The molecule has 5 heteroatoms. The highest BCUT2D eigenvalue weighted by Gasteiger charge is 2.12. The van der Waals surface area contributed by atoms with Gasteiger partial charge in [0.2, 0.25) is 0 Å². The van der Waals surface area contributed by atoms with E-state index >= 15 is 0 Å². The van der Waals surface area contributed by atoms with Crippen LogP contribution in [0.4, 0.5) is 0 Å². The van der Waals surface area contributed by atoms with Gasteiger partial charge in [-0.2, -0.15) is 0 Å². The molecule has 1 aromatic rings. The van der Waals surface area contributed by atoms with Crippen molar-refractivity contribution in [2.75, 3.05) is 18.8 Å². The minimum atomic E-state index is -1.12. The second-order valence-corrected chi connectivity index (χ2v) is 6.87. The molecule has 0 aromatic heterocycles. The standard InChI is InChI=1S/C13H19Cl2NOS/c1-10(2)9-16-7-4-8-18(17)13-11(14)5-3-6-12(13)15/h3,5-6,10,16H,4,7-9H2,1-2H3. The monoisotopic (exact) mass is 307 g/mol. The summed E-state index contributed by atoms with van der Waals surface area (Å²) in [7, 11) is -1.12. The van der Waals surface area contributed by atoms with Crippen molar-refractivity contribution >= 4 is 34.0 Å². The SMILES string of the molecule is CC(C)CNCCCS(=O)c1c(Cl)cccc1Cl. The molecule has 1 N–H and O–H groups in total. The van der Waals surface area contributed by atoms with E-state index in [1.807, 2.05) is 0 Å². The van der Waals surface area contributed by atoms with Crippen LogP contribution in [0.5, 0.6) is 0 Å². The van der Waals surface area contributed by atoms with Crippen molar-refractivity contribution < 1.29 is 4.21 Å². The van der Waals surface area contributed by atoms with Gasteiger partial charge in [-0.3, -0.25) is 4.21 Å². The zero-order valence-electron chi connectivity index (χ0n) is 10.7. The largest absolute Gasteiger partial charge is 0.316 e. The number of halogens is 2. The number of hydrogen-bond donors (Lipinski definition) is 1. The third-order valence-electron chi connectivity index (χ3n) is 2.38. The van der Waals surface area contributed by atoms with Crippen molar-refractivity contribution in [1.29, 1.82) is 0 Å². The van der Waals surface area contributed by atoms with E-state index in [0.717, 1.165) is 19.5 Å². The molecule has 0 fully saturated rings. The van der Waals surface area contributed by atoms with E-state index in [9.17, 15) is 4.21 Å². The molecule has 102 valence electrons. The molecule has 0 saturated carbocycles. The lowest BCUT2D eigenvalue weighted by Crippen LogP contribution is -2.22. The molecule has 1 aromatic carbocycles. The average molecular weight is 308 g/mol. The maximum Gasteiger partial charge on any atom is 0.0760 e. The highest BCUT2D eigenvalue weighted by molar-refractivity contribution is 7.85. The van der Waals surface area contributed by atoms with E-state index in [2.05, 4.69) is 19.2 Å². The summed E-state index contributed by atoms with van der Waals surface area (Å²) in [5, 5.41) is 4.29. The van der Waals surface area contributed by atoms with Crippen LogP contribution in [0.15, 0.2) is 23.1 Å². The van der Waals surface area contributed by atoms with Crippen molar-refractivity contribution in [3.8, 4) is 0 Å². The molecule has 0 spiro atoms. The number of benzene rings is 1. The Labute approximate surface area is 122 Å². The Morgan fingerprint density at radius 3 is 2.44 bits per heavy atom. The summed E-state index contributed by atoms with van der Waals surface area (Å²) in [4.78, 5) is 0.560. The second kappa shape index (κ2) is 8.16. The molecule has 0 aliphatic rings. The second-order valence-electron chi connectivity index (χ2n) is 4.55. The maximum absolute atomic E-state index is 12.1. The molecule has 1 atom stereocenters. The quantitative estimate of drug-likeness (QED) is 0.778. The smallest absolute Gasteiger partial charge is 0.0760 e. The highest BCUT2D eigenvalue weighted by atomic mass is 35.5. The van der Waals surface area contributed by atoms with Crippen LogP contribution in [-0.4, -0.2) is 23.1 Å². The molecular weight excluding hydrogens is 289 g/mol. The molecule has 0 radical (unpaired) electrons. The Balaban J connectivity index is 2.41. The van der Waals surface area contributed by atoms with Gasteiger partial charge < -0.3 is 5.32 Å². The Kier molecular flexibility index (Phi) is 7.23. The maximum atomic E-state index is 12.1. The van der Waals surface area contributed by atoms with Crippen molar-refractivity contribution in [1.82, 2.24) is 5.32 Å². The van der Waals surface area contributed by atoms with E-state index in [4.69, 9.17) is 23.2 Å². The van der Waals surface area contributed by atoms with Crippen LogP contribution in [0.2, 0.25) is 10.0 Å².